The monoisotopic (exact) mass is 363 g/mol. The van der Waals surface area contributed by atoms with Gasteiger partial charge in [-0.1, -0.05) is 67.6 Å². The van der Waals surface area contributed by atoms with Crippen LogP contribution in [0.5, 0.6) is 0 Å². The lowest BCUT2D eigenvalue weighted by molar-refractivity contribution is 0.156. The number of rotatable bonds is 5. The van der Waals surface area contributed by atoms with E-state index in [0.717, 1.165) is 50.4 Å². The number of benzene rings is 2. The summed E-state index contributed by atoms with van der Waals surface area (Å²) in [6, 6.07) is 16.5. The molecule has 1 heterocycles. The first-order chi connectivity index (χ1) is 13.2. The molecule has 4 heteroatoms. The lowest BCUT2D eigenvalue weighted by Crippen LogP contribution is -2.50. The number of aryl methyl sites for hydroxylation is 2. The van der Waals surface area contributed by atoms with Crippen molar-refractivity contribution in [2.45, 2.75) is 20.3 Å². The van der Waals surface area contributed by atoms with Gasteiger partial charge in [-0.2, -0.15) is 0 Å². The van der Waals surface area contributed by atoms with Gasteiger partial charge in [0.2, 0.25) is 0 Å². The summed E-state index contributed by atoms with van der Waals surface area (Å²) in [5.41, 5.74) is 4.50. The zero-order chi connectivity index (χ0) is 19.1. The van der Waals surface area contributed by atoms with Gasteiger partial charge >= 0.3 is 6.03 Å². The van der Waals surface area contributed by atoms with E-state index in [1.165, 1.54) is 11.1 Å². The molecule has 2 aromatic carbocycles. The lowest BCUT2D eigenvalue weighted by atomic mass is 10.1. The second-order valence-electron chi connectivity index (χ2n) is 6.99. The Hall–Kier alpha value is -2.59. The van der Waals surface area contributed by atoms with Gasteiger partial charge < -0.3 is 10.2 Å². The molecule has 1 aliphatic rings. The number of hydrogen-bond acceptors (Lipinski definition) is 2. The van der Waals surface area contributed by atoms with Gasteiger partial charge in [0.1, 0.15) is 0 Å². The molecular formula is C23H29N3O. The summed E-state index contributed by atoms with van der Waals surface area (Å²) < 4.78 is 0. The van der Waals surface area contributed by atoms with Crippen molar-refractivity contribution in [1.82, 2.24) is 9.80 Å². The molecule has 0 spiro atoms. The molecule has 1 aliphatic heterocycles. The first-order valence-electron chi connectivity index (χ1n) is 9.75. The van der Waals surface area contributed by atoms with Crippen LogP contribution in [0.25, 0.3) is 6.08 Å². The zero-order valence-electron chi connectivity index (χ0n) is 16.3. The number of urea groups is 1. The molecule has 3 rings (SSSR count). The van der Waals surface area contributed by atoms with Crippen LogP contribution < -0.4 is 5.32 Å². The van der Waals surface area contributed by atoms with Crippen LogP contribution in [0, 0.1) is 6.92 Å². The number of amides is 2. The van der Waals surface area contributed by atoms with Crippen molar-refractivity contribution in [1.29, 1.82) is 0 Å². The van der Waals surface area contributed by atoms with Crippen molar-refractivity contribution in [3.8, 4) is 0 Å². The second kappa shape index (κ2) is 9.38. The second-order valence-corrected chi connectivity index (χ2v) is 6.99. The third kappa shape index (κ3) is 5.20. The molecule has 2 aromatic rings. The fraction of sp³-hybridized carbons (Fsp3) is 0.348. The number of carbonyl (C=O) groups excluding carboxylic acids is 1. The summed E-state index contributed by atoms with van der Waals surface area (Å²) in [6.07, 6.45) is 5.27. The van der Waals surface area contributed by atoms with Crippen LogP contribution >= 0.6 is 0 Å². The average molecular weight is 364 g/mol. The van der Waals surface area contributed by atoms with Crippen molar-refractivity contribution < 1.29 is 4.79 Å². The minimum Gasteiger partial charge on any atom is -0.322 e. The van der Waals surface area contributed by atoms with E-state index in [1.54, 1.807) is 0 Å². The molecule has 0 saturated carbocycles. The largest absolute Gasteiger partial charge is 0.322 e. The minimum absolute atomic E-state index is 0.0125. The Morgan fingerprint density at radius 3 is 2.48 bits per heavy atom. The molecule has 142 valence electrons. The summed E-state index contributed by atoms with van der Waals surface area (Å²) >= 11 is 0. The maximum atomic E-state index is 12.7. The van der Waals surface area contributed by atoms with Crippen LogP contribution in [0.2, 0.25) is 0 Å². The smallest absolute Gasteiger partial charge is 0.321 e. The van der Waals surface area contributed by atoms with Crippen LogP contribution in [0.1, 0.15) is 23.6 Å². The molecule has 1 fully saturated rings. The van der Waals surface area contributed by atoms with Gasteiger partial charge in [-0.3, -0.25) is 4.90 Å². The molecule has 0 radical (unpaired) electrons. The highest BCUT2D eigenvalue weighted by molar-refractivity contribution is 5.91. The van der Waals surface area contributed by atoms with E-state index in [9.17, 15) is 4.79 Å². The predicted octanol–water partition coefficient (Wildman–Crippen LogP) is 4.42. The van der Waals surface area contributed by atoms with Crippen molar-refractivity contribution >= 4 is 17.8 Å². The standard InChI is InChI=1S/C23H29N3O/c1-3-21-13-7-9-19(2)22(21)24-23(27)26-17-15-25(16-18-26)14-8-12-20-10-5-4-6-11-20/h4-13H,3,14-18H2,1-2H3,(H,24,27)/b12-8-. The molecule has 2 amide bonds. The van der Waals surface area contributed by atoms with Gasteiger partial charge in [0, 0.05) is 38.4 Å². The average Bonchev–Trinajstić information content (AvgIpc) is 2.71. The Kier molecular flexibility index (Phi) is 6.66. The van der Waals surface area contributed by atoms with Crippen LogP contribution in [0.3, 0.4) is 0 Å². The summed E-state index contributed by atoms with van der Waals surface area (Å²) in [5, 5.41) is 3.13. The first-order valence-corrected chi connectivity index (χ1v) is 9.75. The SMILES string of the molecule is CCc1cccc(C)c1NC(=O)N1CCN(C/C=C\c2ccccc2)CC1. The van der Waals surface area contributed by atoms with Gasteiger partial charge in [0.25, 0.3) is 0 Å². The molecule has 0 unspecified atom stereocenters. The molecule has 0 aromatic heterocycles. The van der Waals surface area contributed by atoms with E-state index >= 15 is 0 Å². The number of para-hydroxylation sites is 1. The minimum atomic E-state index is 0.0125. The molecule has 1 saturated heterocycles. The van der Waals surface area contributed by atoms with Crippen molar-refractivity contribution in [2.24, 2.45) is 0 Å². The van der Waals surface area contributed by atoms with E-state index in [4.69, 9.17) is 0 Å². The van der Waals surface area contributed by atoms with Crippen LogP contribution in [-0.4, -0.2) is 48.6 Å². The Balaban J connectivity index is 1.49. The predicted molar refractivity (Wildman–Crippen MR) is 113 cm³/mol. The highest BCUT2D eigenvalue weighted by atomic mass is 16.2. The number of hydrogen-bond donors (Lipinski definition) is 1. The number of piperazine rings is 1. The fourth-order valence-corrected chi connectivity index (χ4v) is 3.42. The Morgan fingerprint density at radius 2 is 1.78 bits per heavy atom. The summed E-state index contributed by atoms with van der Waals surface area (Å²) in [6.45, 7) is 8.42. The van der Waals surface area contributed by atoms with E-state index in [0.29, 0.717) is 0 Å². The highest BCUT2D eigenvalue weighted by Crippen LogP contribution is 2.21. The zero-order valence-corrected chi connectivity index (χ0v) is 16.3. The van der Waals surface area contributed by atoms with E-state index in [-0.39, 0.29) is 6.03 Å². The molecular weight excluding hydrogens is 334 g/mol. The van der Waals surface area contributed by atoms with Gasteiger partial charge in [0.05, 0.1) is 0 Å². The maximum absolute atomic E-state index is 12.7. The van der Waals surface area contributed by atoms with Crippen LogP contribution in [0.4, 0.5) is 10.5 Å². The topological polar surface area (TPSA) is 35.6 Å². The number of carbonyl (C=O) groups is 1. The number of nitrogens with one attached hydrogen (secondary N) is 1. The molecule has 4 nitrogen and oxygen atoms in total. The normalized spacial score (nSPS) is 15.3. The summed E-state index contributed by atoms with van der Waals surface area (Å²) in [4.78, 5) is 17.0. The van der Waals surface area contributed by atoms with Crippen molar-refractivity contribution in [3.05, 3.63) is 71.3 Å². The van der Waals surface area contributed by atoms with Crippen LogP contribution in [-0.2, 0) is 6.42 Å². The molecule has 0 atom stereocenters. The van der Waals surface area contributed by atoms with Crippen molar-refractivity contribution in [3.63, 3.8) is 0 Å². The molecule has 1 N–H and O–H groups in total. The third-order valence-electron chi connectivity index (χ3n) is 5.10. The van der Waals surface area contributed by atoms with Gasteiger partial charge in [-0.25, -0.2) is 4.79 Å². The lowest BCUT2D eigenvalue weighted by Gasteiger charge is -2.34. The Bertz CT molecular complexity index is 777. The third-order valence-corrected chi connectivity index (χ3v) is 5.10. The number of anilines is 1. The fourth-order valence-electron chi connectivity index (χ4n) is 3.42. The van der Waals surface area contributed by atoms with E-state index in [2.05, 4.69) is 59.6 Å². The number of nitrogens with zero attached hydrogens (tertiary/aromatic N) is 2. The first kappa shape index (κ1) is 19.2. The van der Waals surface area contributed by atoms with E-state index < -0.39 is 0 Å². The van der Waals surface area contributed by atoms with Crippen LogP contribution in [0.15, 0.2) is 54.6 Å². The van der Waals surface area contributed by atoms with Crippen molar-refractivity contribution in [2.75, 3.05) is 38.0 Å². The highest BCUT2D eigenvalue weighted by Gasteiger charge is 2.21. The van der Waals surface area contributed by atoms with Gasteiger partial charge in [-0.05, 0) is 30.0 Å². The quantitative estimate of drug-likeness (QED) is 0.853. The maximum Gasteiger partial charge on any atom is 0.321 e. The summed E-state index contributed by atoms with van der Waals surface area (Å²) in [7, 11) is 0. The molecule has 0 bridgehead atoms. The molecule has 0 aliphatic carbocycles. The summed E-state index contributed by atoms with van der Waals surface area (Å²) in [5.74, 6) is 0. The van der Waals surface area contributed by atoms with Gasteiger partial charge in [0.15, 0.2) is 0 Å². The Labute approximate surface area is 162 Å². The Morgan fingerprint density at radius 1 is 1.04 bits per heavy atom. The van der Waals surface area contributed by atoms with Gasteiger partial charge in [-0.15, -0.1) is 0 Å². The van der Waals surface area contributed by atoms with E-state index in [1.807, 2.05) is 30.0 Å². The molecule has 27 heavy (non-hydrogen) atoms.